The van der Waals surface area contributed by atoms with E-state index in [0.29, 0.717) is 6.10 Å². The third kappa shape index (κ3) is 6.75. The first-order valence-corrected chi connectivity index (χ1v) is 7.87. The number of hydrogen-bond acceptors (Lipinski definition) is 2. The van der Waals surface area contributed by atoms with E-state index in [-0.39, 0.29) is 11.9 Å². The maximum atomic E-state index is 5.97. The zero-order chi connectivity index (χ0) is 13.4. The second-order valence-electron chi connectivity index (χ2n) is 6.37. The summed E-state index contributed by atoms with van der Waals surface area (Å²) in [5.41, 5.74) is -0.0105. The smallest absolute Gasteiger partial charge is 0.158 e. The van der Waals surface area contributed by atoms with Crippen LogP contribution >= 0.6 is 0 Å². The molecule has 1 rings (SSSR count). The van der Waals surface area contributed by atoms with Crippen LogP contribution in [0.5, 0.6) is 0 Å². The highest BCUT2D eigenvalue weighted by Crippen LogP contribution is 2.29. The summed E-state index contributed by atoms with van der Waals surface area (Å²) < 4.78 is 11.8. The van der Waals surface area contributed by atoms with Crippen LogP contribution in [0.2, 0.25) is 0 Å². The molecule has 1 aliphatic rings. The Hall–Kier alpha value is -0.0800. The van der Waals surface area contributed by atoms with Gasteiger partial charge in [-0.2, -0.15) is 0 Å². The van der Waals surface area contributed by atoms with Crippen molar-refractivity contribution in [2.45, 2.75) is 103 Å². The fourth-order valence-electron chi connectivity index (χ4n) is 2.83. The summed E-state index contributed by atoms with van der Waals surface area (Å²) in [6.45, 7) is 8.76. The van der Waals surface area contributed by atoms with Gasteiger partial charge in [0.2, 0.25) is 0 Å². The monoisotopic (exact) mass is 256 g/mol. The van der Waals surface area contributed by atoms with Gasteiger partial charge in [-0.1, -0.05) is 45.4 Å². The molecule has 1 aliphatic heterocycles. The van der Waals surface area contributed by atoms with Crippen molar-refractivity contribution in [3.8, 4) is 0 Å². The molecular weight excluding hydrogens is 224 g/mol. The van der Waals surface area contributed by atoms with Gasteiger partial charge in [-0.15, -0.1) is 0 Å². The molecule has 108 valence electrons. The van der Waals surface area contributed by atoms with Crippen molar-refractivity contribution in [2.24, 2.45) is 0 Å². The van der Waals surface area contributed by atoms with E-state index in [2.05, 4.69) is 27.7 Å². The molecule has 18 heavy (non-hydrogen) atoms. The van der Waals surface area contributed by atoms with Gasteiger partial charge >= 0.3 is 0 Å². The Morgan fingerprint density at radius 2 is 1.61 bits per heavy atom. The van der Waals surface area contributed by atoms with Gasteiger partial charge in [0.1, 0.15) is 0 Å². The molecule has 0 aromatic rings. The van der Waals surface area contributed by atoms with Crippen LogP contribution in [0.25, 0.3) is 0 Å². The van der Waals surface area contributed by atoms with Crippen molar-refractivity contribution in [3.63, 3.8) is 0 Å². The number of rotatable bonds is 8. The van der Waals surface area contributed by atoms with Crippen LogP contribution in [0.3, 0.4) is 0 Å². The molecule has 0 unspecified atom stereocenters. The van der Waals surface area contributed by atoms with Crippen LogP contribution in [-0.2, 0) is 9.47 Å². The largest absolute Gasteiger partial charge is 0.350 e. The van der Waals surface area contributed by atoms with Crippen LogP contribution in [0, 0.1) is 0 Å². The van der Waals surface area contributed by atoms with Gasteiger partial charge in [-0.05, 0) is 33.6 Å². The van der Waals surface area contributed by atoms with E-state index < -0.39 is 0 Å². The molecular formula is C16H32O2. The Balaban J connectivity index is 2.04. The van der Waals surface area contributed by atoms with E-state index >= 15 is 0 Å². The average Bonchev–Trinajstić information content (AvgIpc) is 2.25. The van der Waals surface area contributed by atoms with Crippen LogP contribution in [0.15, 0.2) is 0 Å². The minimum Gasteiger partial charge on any atom is -0.350 e. The van der Waals surface area contributed by atoms with Gasteiger partial charge in [0.05, 0.1) is 11.7 Å². The van der Waals surface area contributed by atoms with E-state index in [1.165, 1.54) is 44.9 Å². The van der Waals surface area contributed by atoms with E-state index in [0.717, 1.165) is 12.8 Å². The molecule has 0 radical (unpaired) electrons. The topological polar surface area (TPSA) is 18.5 Å². The molecule has 0 spiro atoms. The van der Waals surface area contributed by atoms with Gasteiger partial charge in [0.15, 0.2) is 6.29 Å². The Morgan fingerprint density at radius 1 is 1.00 bits per heavy atom. The summed E-state index contributed by atoms with van der Waals surface area (Å²) >= 11 is 0. The minimum absolute atomic E-state index is 0.0105. The molecule has 2 heteroatoms. The molecule has 0 bridgehead atoms. The molecule has 1 heterocycles. The lowest BCUT2D eigenvalue weighted by Crippen LogP contribution is -2.42. The van der Waals surface area contributed by atoms with E-state index in [1.54, 1.807) is 0 Å². The molecule has 0 N–H and O–H groups in total. The first-order chi connectivity index (χ1) is 8.53. The summed E-state index contributed by atoms with van der Waals surface area (Å²) in [4.78, 5) is 0. The van der Waals surface area contributed by atoms with Crippen molar-refractivity contribution in [1.29, 1.82) is 0 Å². The number of ether oxygens (including phenoxy) is 2. The second-order valence-corrected chi connectivity index (χ2v) is 6.37. The van der Waals surface area contributed by atoms with Crippen molar-refractivity contribution in [1.82, 2.24) is 0 Å². The standard InChI is InChI=1S/C16H32O2/c1-5-6-7-8-9-10-11-12-15-17-14(2)13-16(3,4)18-15/h14-15H,5-13H2,1-4H3/t14-,15-/m1/s1. The van der Waals surface area contributed by atoms with E-state index in [4.69, 9.17) is 9.47 Å². The van der Waals surface area contributed by atoms with Crippen molar-refractivity contribution < 1.29 is 9.47 Å². The van der Waals surface area contributed by atoms with Crippen molar-refractivity contribution >= 4 is 0 Å². The Morgan fingerprint density at radius 3 is 2.22 bits per heavy atom. The lowest BCUT2D eigenvalue weighted by atomic mass is 9.99. The maximum Gasteiger partial charge on any atom is 0.158 e. The average molecular weight is 256 g/mol. The maximum absolute atomic E-state index is 5.97. The SMILES string of the molecule is CCCCCCCCC[C@@H]1O[C@H](C)CC(C)(C)O1. The third-order valence-electron chi connectivity index (χ3n) is 3.66. The van der Waals surface area contributed by atoms with Gasteiger partial charge in [-0.25, -0.2) is 0 Å². The Labute approximate surface area is 113 Å². The lowest BCUT2D eigenvalue weighted by molar-refractivity contribution is -0.270. The highest BCUT2D eigenvalue weighted by atomic mass is 16.7. The fourth-order valence-corrected chi connectivity index (χ4v) is 2.83. The summed E-state index contributed by atoms with van der Waals surface area (Å²) in [6, 6.07) is 0. The van der Waals surface area contributed by atoms with Crippen molar-refractivity contribution in [3.05, 3.63) is 0 Å². The molecule has 2 nitrogen and oxygen atoms in total. The van der Waals surface area contributed by atoms with Gasteiger partial charge in [0, 0.05) is 6.42 Å². The van der Waals surface area contributed by atoms with E-state index in [1.807, 2.05) is 0 Å². The number of hydrogen-bond donors (Lipinski definition) is 0. The first-order valence-electron chi connectivity index (χ1n) is 7.87. The quantitative estimate of drug-likeness (QED) is 0.565. The van der Waals surface area contributed by atoms with Crippen molar-refractivity contribution in [2.75, 3.05) is 0 Å². The predicted octanol–water partition coefficient (Wildman–Crippen LogP) is 5.06. The zero-order valence-corrected chi connectivity index (χ0v) is 12.8. The fraction of sp³-hybridized carbons (Fsp3) is 1.00. The molecule has 2 atom stereocenters. The molecule has 0 aromatic heterocycles. The highest BCUT2D eigenvalue weighted by Gasteiger charge is 2.32. The second kappa shape index (κ2) is 8.16. The molecule has 1 fully saturated rings. The summed E-state index contributed by atoms with van der Waals surface area (Å²) in [6.07, 6.45) is 11.9. The van der Waals surface area contributed by atoms with Crippen LogP contribution in [0.4, 0.5) is 0 Å². The predicted molar refractivity (Wildman–Crippen MR) is 76.7 cm³/mol. The van der Waals surface area contributed by atoms with Crippen LogP contribution in [-0.4, -0.2) is 18.0 Å². The molecule has 0 amide bonds. The third-order valence-corrected chi connectivity index (χ3v) is 3.66. The normalized spacial score (nSPS) is 27.3. The Kier molecular flexibility index (Phi) is 7.25. The van der Waals surface area contributed by atoms with Gasteiger partial charge in [0.25, 0.3) is 0 Å². The van der Waals surface area contributed by atoms with Gasteiger partial charge in [-0.3, -0.25) is 0 Å². The number of unbranched alkanes of at least 4 members (excludes halogenated alkanes) is 6. The zero-order valence-electron chi connectivity index (χ0n) is 12.8. The lowest BCUT2D eigenvalue weighted by Gasteiger charge is -2.39. The molecule has 0 aliphatic carbocycles. The van der Waals surface area contributed by atoms with Crippen LogP contribution < -0.4 is 0 Å². The summed E-state index contributed by atoms with van der Waals surface area (Å²) in [5.74, 6) is 0. The summed E-state index contributed by atoms with van der Waals surface area (Å²) in [5, 5.41) is 0. The summed E-state index contributed by atoms with van der Waals surface area (Å²) in [7, 11) is 0. The molecule has 1 saturated heterocycles. The Bertz CT molecular complexity index is 213. The van der Waals surface area contributed by atoms with Crippen LogP contribution in [0.1, 0.15) is 85.5 Å². The van der Waals surface area contributed by atoms with Gasteiger partial charge < -0.3 is 9.47 Å². The van der Waals surface area contributed by atoms with E-state index in [9.17, 15) is 0 Å². The molecule has 0 saturated carbocycles. The first kappa shape index (κ1) is 16.0. The highest BCUT2D eigenvalue weighted by molar-refractivity contribution is 4.77. The minimum atomic E-state index is -0.0105. The molecule has 0 aromatic carbocycles.